The molecule has 0 saturated carbocycles. The molecule has 22 heavy (non-hydrogen) atoms. The summed E-state index contributed by atoms with van der Waals surface area (Å²) in [6.45, 7) is 2.88. The van der Waals surface area contributed by atoms with E-state index in [0.29, 0.717) is 12.6 Å². The molecule has 2 rings (SSSR count). The van der Waals surface area contributed by atoms with Crippen LogP contribution in [0.25, 0.3) is 0 Å². The van der Waals surface area contributed by atoms with Crippen molar-refractivity contribution in [2.24, 2.45) is 4.99 Å². The third-order valence-corrected chi connectivity index (χ3v) is 4.41. The maximum Gasteiger partial charge on any atom is 0.191 e. The van der Waals surface area contributed by atoms with Gasteiger partial charge in [-0.25, -0.2) is 0 Å². The summed E-state index contributed by atoms with van der Waals surface area (Å²) in [4.78, 5) is 6.66. The van der Waals surface area contributed by atoms with Crippen LogP contribution < -0.4 is 10.6 Å². The Balaban J connectivity index is 1.80. The monoisotopic (exact) mass is 304 g/mol. The summed E-state index contributed by atoms with van der Waals surface area (Å²) in [5, 5.41) is 16.3. The maximum absolute atomic E-state index is 9.60. The summed E-state index contributed by atoms with van der Waals surface area (Å²) in [5.74, 6) is 0.878. The van der Waals surface area contributed by atoms with Crippen molar-refractivity contribution in [3.63, 3.8) is 0 Å². The van der Waals surface area contributed by atoms with Crippen molar-refractivity contribution < 1.29 is 5.11 Å². The van der Waals surface area contributed by atoms with E-state index in [1.807, 2.05) is 30.3 Å². The second-order valence-corrected chi connectivity index (χ2v) is 5.90. The molecule has 1 fully saturated rings. The first kappa shape index (κ1) is 16.8. The van der Waals surface area contributed by atoms with Crippen molar-refractivity contribution in [1.29, 1.82) is 0 Å². The molecule has 2 atom stereocenters. The van der Waals surface area contributed by atoms with Crippen molar-refractivity contribution >= 4 is 5.96 Å². The van der Waals surface area contributed by atoms with Crippen LogP contribution in [0.5, 0.6) is 0 Å². The van der Waals surface area contributed by atoms with Crippen molar-refractivity contribution in [2.45, 2.75) is 24.8 Å². The molecule has 0 spiro atoms. The van der Waals surface area contributed by atoms with Crippen molar-refractivity contribution in [3.05, 3.63) is 35.9 Å². The molecular formula is C17H28N4O. The number of hydrogen-bond donors (Lipinski definition) is 3. The number of aliphatic imine (C=N–C) groups is 1. The number of nitrogens with one attached hydrogen (secondary N) is 2. The highest BCUT2D eigenvalue weighted by Gasteiger charge is 2.20. The lowest BCUT2D eigenvalue weighted by molar-refractivity contribution is 0.265. The Morgan fingerprint density at radius 3 is 2.73 bits per heavy atom. The van der Waals surface area contributed by atoms with E-state index in [9.17, 15) is 5.11 Å². The summed E-state index contributed by atoms with van der Waals surface area (Å²) < 4.78 is 0. The molecule has 1 saturated heterocycles. The van der Waals surface area contributed by atoms with Gasteiger partial charge in [0.2, 0.25) is 0 Å². The SMILES string of the molecule is CN=C(NCC(CO)c1ccccc1)NCC1CCCN1C. The highest BCUT2D eigenvalue weighted by atomic mass is 16.3. The van der Waals surface area contributed by atoms with Crippen LogP contribution in [0, 0.1) is 0 Å². The Morgan fingerprint density at radius 1 is 1.36 bits per heavy atom. The molecule has 1 aliphatic rings. The molecular weight excluding hydrogens is 276 g/mol. The van der Waals surface area contributed by atoms with E-state index in [0.717, 1.165) is 18.1 Å². The first-order valence-electron chi connectivity index (χ1n) is 8.05. The lowest BCUT2D eigenvalue weighted by Crippen LogP contribution is -2.45. The minimum Gasteiger partial charge on any atom is -0.396 e. The van der Waals surface area contributed by atoms with Crippen LogP contribution in [0.1, 0.15) is 24.3 Å². The number of guanidine groups is 1. The van der Waals surface area contributed by atoms with Crippen LogP contribution in [0.2, 0.25) is 0 Å². The largest absolute Gasteiger partial charge is 0.396 e. The molecule has 1 aliphatic heterocycles. The normalized spacial score (nSPS) is 20.9. The molecule has 0 amide bonds. The second kappa shape index (κ2) is 8.76. The number of aliphatic hydroxyl groups excluding tert-OH is 1. The van der Waals surface area contributed by atoms with Gasteiger partial charge in [-0.1, -0.05) is 30.3 Å². The summed E-state index contributed by atoms with van der Waals surface area (Å²) in [7, 11) is 3.96. The van der Waals surface area contributed by atoms with Gasteiger partial charge in [0.05, 0.1) is 6.61 Å². The molecule has 2 unspecified atom stereocenters. The van der Waals surface area contributed by atoms with Gasteiger partial charge in [0.15, 0.2) is 5.96 Å². The molecule has 0 radical (unpaired) electrons. The van der Waals surface area contributed by atoms with Crippen molar-refractivity contribution in [1.82, 2.24) is 15.5 Å². The van der Waals surface area contributed by atoms with E-state index >= 15 is 0 Å². The topological polar surface area (TPSA) is 59.9 Å². The van der Waals surface area contributed by atoms with Crippen LogP contribution >= 0.6 is 0 Å². The standard InChI is InChI=1S/C17H28N4O/c1-18-17(20-12-16-9-6-10-21(16)2)19-11-15(13-22)14-7-4-3-5-8-14/h3-5,7-8,15-16,22H,6,9-13H2,1-2H3,(H2,18,19,20). The zero-order valence-corrected chi connectivity index (χ0v) is 13.6. The van der Waals surface area contributed by atoms with Gasteiger partial charge in [0, 0.05) is 32.1 Å². The average Bonchev–Trinajstić information content (AvgIpc) is 2.97. The molecule has 3 N–H and O–H groups in total. The molecule has 122 valence electrons. The Kier molecular flexibility index (Phi) is 6.68. The van der Waals surface area contributed by atoms with E-state index in [2.05, 4.69) is 27.6 Å². The predicted octanol–water partition coefficient (Wildman–Crippen LogP) is 1.02. The Hall–Kier alpha value is -1.59. The number of aliphatic hydroxyl groups is 1. The third-order valence-electron chi connectivity index (χ3n) is 4.41. The Bertz CT molecular complexity index is 463. The molecule has 0 aliphatic carbocycles. The lowest BCUT2D eigenvalue weighted by atomic mass is 10.0. The zero-order valence-electron chi connectivity index (χ0n) is 13.6. The highest BCUT2D eigenvalue weighted by Crippen LogP contribution is 2.14. The van der Waals surface area contributed by atoms with Gasteiger partial charge in [0.25, 0.3) is 0 Å². The number of likely N-dealkylation sites (N-methyl/N-ethyl adjacent to an activating group) is 1. The predicted molar refractivity (Wildman–Crippen MR) is 91.3 cm³/mol. The van der Waals surface area contributed by atoms with Crippen molar-refractivity contribution in [2.75, 3.05) is 40.3 Å². The molecule has 5 heteroatoms. The fraction of sp³-hybridized carbons (Fsp3) is 0.588. The van der Waals surface area contributed by atoms with Crippen LogP contribution in [-0.4, -0.2) is 62.3 Å². The Morgan fingerprint density at radius 2 is 2.14 bits per heavy atom. The van der Waals surface area contributed by atoms with Crippen molar-refractivity contribution in [3.8, 4) is 0 Å². The minimum absolute atomic E-state index is 0.0777. The number of hydrogen-bond acceptors (Lipinski definition) is 3. The van der Waals surface area contributed by atoms with Crippen LogP contribution in [0.3, 0.4) is 0 Å². The van der Waals surface area contributed by atoms with E-state index in [1.54, 1.807) is 7.05 Å². The van der Waals surface area contributed by atoms with E-state index in [-0.39, 0.29) is 12.5 Å². The average molecular weight is 304 g/mol. The van der Waals surface area contributed by atoms with Crippen LogP contribution in [0.15, 0.2) is 35.3 Å². The quantitative estimate of drug-likeness (QED) is 0.542. The summed E-state index contributed by atoms with van der Waals surface area (Å²) in [6.07, 6.45) is 2.51. The summed E-state index contributed by atoms with van der Waals surface area (Å²) >= 11 is 0. The number of benzene rings is 1. The van der Waals surface area contributed by atoms with E-state index in [4.69, 9.17) is 0 Å². The van der Waals surface area contributed by atoms with E-state index < -0.39 is 0 Å². The highest BCUT2D eigenvalue weighted by molar-refractivity contribution is 5.79. The third kappa shape index (κ3) is 4.71. The molecule has 1 heterocycles. The number of likely N-dealkylation sites (tertiary alicyclic amines) is 1. The summed E-state index contributed by atoms with van der Waals surface area (Å²) in [6, 6.07) is 10.7. The van der Waals surface area contributed by atoms with E-state index in [1.165, 1.54) is 19.4 Å². The van der Waals surface area contributed by atoms with Gasteiger partial charge >= 0.3 is 0 Å². The van der Waals surface area contributed by atoms with Gasteiger partial charge in [-0.15, -0.1) is 0 Å². The fourth-order valence-electron chi connectivity index (χ4n) is 2.91. The summed E-state index contributed by atoms with van der Waals surface area (Å²) in [5.41, 5.74) is 1.14. The van der Waals surface area contributed by atoms with Gasteiger partial charge in [0.1, 0.15) is 0 Å². The van der Waals surface area contributed by atoms with Gasteiger partial charge in [-0.05, 0) is 32.0 Å². The second-order valence-electron chi connectivity index (χ2n) is 5.90. The smallest absolute Gasteiger partial charge is 0.191 e. The van der Waals surface area contributed by atoms with Crippen LogP contribution in [0.4, 0.5) is 0 Å². The molecule has 1 aromatic rings. The maximum atomic E-state index is 9.60. The first-order valence-corrected chi connectivity index (χ1v) is 8.05. The molecule has 5 nitrogen and oxygen atoms in total. The molecule has 0 aromatic heterocycles. The first-order chi connectivity index (χ1) is 10.7. The van der Waals surface area contributed by atoms with Gasteiger partial charge < -0.3 is 20.6 Å². The number of nitrogens with zero attached hydrogens (tertiary/aromatic N) is 2. The lowest BCUT2D eigenvalue weighted by Gasteiger charge is -2.22. The van der Waals surface area contributed by atoms with Gasteiger partial charge in [-0.3, -0.25) is 4.99 Å². The Labute approximate surface area is 133 Å². The van der Waals surface area contributed by atoms with Gasteiger partial charge in [-0.2, -0.15) is 0 Å². The molecule has 1 aromatic carbocycles. The van der Waals surface area contributed by atoms with Crippen LogP contribution in [-0.2, 0) is 0 Å². The minimum atomic E-state index is 0.0777. The fourth-order valence-corrected chi connectivity index (χ4v) is 2.91. The number of rotatable bonds is 6. The zero-order chi connectivity index (χ0) is 15.8. The molecule has 0 bridgehead atoms.